The van der Waals surface area contributed by atoms with Gasteiger partial charge in [-0.1, -0.05) is 6.07 Å². The van der Waals surface area contributed by atoms with E-state index in [2.05, 4.69) is 10.3 Å². The molecular weight excluding hydrogens is 380 g/mol. The Balaban J connectivity index is 1.73. The summed E-state index contributed by atoms with van der Waals surface area (Å²) in [5.74, 6) is 0.703. The Kier molecular flexibility index (Phi) is 5.72. The summed E-state index contributed by atoms with van der Waals surface area (Å²) in [6.07, 6.45) is 1.24. The molecule has 0 unspecified atom stereocenters. The van der Waals surface area contributed by atoms with Crippen molar-refractivity contribution in [2.45, 2.75) is 13.1 Å². The summed E-state index contributed by atoms with van der Waals surface area (Å²) in [5.41, 5.74) is 0.366. The Hall–Kier alpha value is -3.95. The van der Waals surface area contributed by atoms with Crippen LogP contribution < -0.4 is 20.3 Å². The molecule has 0 atom stereocenters. The quantitative estimate of drug-likeness (QED) is 0.474. The lowest BCUT2D eigenvalue weighted by Crippen LogP contribution is -2.32. The lowest BCUT2D eigenvalue weighted by molar-refractivity contribution is -0.384. The number of methoxy groups -OCH3 is 2. The maximum Gasteiger partial charge on any atom is 0.270 e. The molecule has 1 heterocycles. The number of carbonyl (C=O) groups is 1. The molecule has 0 aliphatic heterocycles. The van der Waals surface area contributed by atoms with Gasteiger partial charge in [0.2, 0.25) is 5.91 Å². The number of hydrogen-bond acceptors (Lipinski definition) is 7. The topological polar surface area (TPSA) is 126 Å². The zero-order valence-corrected chi connectivity index (χ0v) is 15.7. The predicted octanol–water partition coefficient (Wildman–Crippen LogP) is 1.64. The average molecular weight is 398 g/mol. The van der Waals surface area contributed by atoms with E-state index in [1.54, 1.807) is 18.2 Å². The minimum absolute atomic E-state index is 0.0781. The molecule has 150 valence electrons. The number of hydrogen-bond donors (Lipinski definition) is 1. The van der Waals surface area contributed by atoms with Gasteiger partial charge in [0.15, 0.2) is 11.5 Å². The summed E-state index contributed by atoms with van der Waals surface area (Å²) < 4.78 is 11.5. The number of non-ortho nitro benzene ring substituents is 1. The number of carbonyl (C=O) groups excluding carboxylic acids is 1. The van der Waals surface area contributed by atoms with E-state index < -0.39 is 16.4 Å². The number of benzene rings is 2. The number of nitrogens with one attached hydrogen (secondary N) is 1. The molecule has 0 aliphatic carbocycles. The van der Waals surface area contributed by atoms with Crippen molar-refractivity contribution < 1.29 is 19.2 Å². The minimum Gasteiger partial charge on any atom is -0.493 e. The van der Waals surface area contributed by atoms with Crippen molar-refractivity contribution in [2.24, 2.45) is 0 Å². The van der Waals surface area contributed by atoms with Crippen molar-refractivity contribution in [1.82, 2.24) is 14.9 Å². The molecule has 2 aromatic carbocycles. The van der Waals surface area contributed by atoms with Gasteiger partial charge in [0.05, 0.1) is 36.4 Å². The molecule has 1 amide bonds. The van der Waals surface area contributed by atoms with Crippen molar-refractivity contribution in [2.75, 3.05) is 14.2 Å². The number of amides is 1. The normalized spacial score (nSPS) is 10.6. The molecule has 29 heavy (non-hydrogen) atoms. The van der Waals surface area contributed by atoms with E-state index in [1.807, 2.05) is 0 Å². The molecule has 0 aliphatic rings. The molecule has 10 heteroatoms. The molecule has 3 aromatic rings. The molecule has 1 aromatic heterocycles. The smallest absolute Gasteiger partial charge is 0.270 e. The third kappa shape index (κ3) is 4.32. The van der Waals surface area contributed by atoms with Crippen molar-refractivity contribution in [3.63, 3.8) is 0 Å². The van der Waals surface area contributed by atoms with Crippen LogP contribution in [-0.4, -0.2) is 34.6 Å². The van der Waals surface area contributed by atoms with Crippen LogP contribution in [0.25, 0.3) is 10.9 Å². The zero-order valence-electron chi connectivity index (χ0n) is 15.7. The van der Waals surface area contributed by atoms with Crippen molar-refractivity contribution in [1.29, 1.82) is 0 Å². The number of ether oxygens (including phenoxy) is 2. The van der Waals surface area contributed by atoms with Gasteiger partial charge in [-0.3, -0.25) is 24.3 Å². The predicted molar refractivity (Wildman–Crippen MR) is 104 cm³/mol. The van der Waals surface area contributed by atoms with Crippen LogP contribution in [0.15, 0.2) is 47.5 Å². The van der Waals surface area contributed by atoms with E-state index >= 15 is 0 Å². The highest BCUT2D eigenvalue weighted by atomic mass is 16.6. The van der Waals surface area contributed by atoms with Crippen LogP contribution in [0, 0.1) is 10.1 Å². The van der Waals surface area contributed by atoms with E-state index in [9.17, 15) is 19.7 Å². The third-order valence-corrected chi connectivity index (χ3v) is 4.27. The molecule has 10 nitrogen and oxygen atoms in total. The maximum absolute atomic E-state index is 12.6. The highest BCUT2D eigenvalue weighted by Crippen LogP contribution is 2.27. The van der Waals surface area contributed by atoms with E-state index in [0.29, 0.717) is 17.0 Å². The van der Waals surface area contributed by atoms with Gasteiger partial charge >= 0.3 is 0 Å². The molecule has 0 saturated carbocycles. The molecule has 0 saturated heterocycles. The van der Waals surface area contributed by atoms with Gasteiger partial charge in [0.25, 0.3) is 11.2 Å². The van der Waals surface area contributed by atoms with Gasteiger partial charge in [0, 0.05) is 18.7 Å². The number of aromatic nitrogens is 2. The summed E-state index contributed by atoms with van der Waals surface area (Å²) in [7, 11) is 3.05. The van der Waals surface area contributed by atoms with Gasteiger partial charge in [-0.05, 0) is 23.8 Å². The number of rotatable bonds is 7. The van der Waals surface area contributed by atoms with Gasteiger partial charge in [-0.2, -0.15) is 0 Å². The van der Waals surface area contributed by atoms with E-state index in [1.165, 1.54) is 32.7 Å². The van der Waals surface area contributed by atoms with E-state index in [-0.39, 0.29) is 24.2 Å². The highest BCUT2D eigenvalue weighted by molar-refractivity contribution is 5.80. The van der Waals surface area contributed by atoms with Crippen LogP contribution >= 0.6 is 0 Å². The fourth-order valence-corrected chi connectivity index (χ4v) is 2.77. The van der Waals surface area contributed by atoms with Gasteiger partial charge in [0.1, 0.15) is 6.54 Å². The second kappa shape index (κ2) is 8.38. The Morgan fingerprint density at radius 2 is 1.93 bits per heavy atom. The largest absolute Gasteiger partial charge is 0.493 e. The zero-order chi connectivity index (χ0) is 21.0. The van der Waals surface area contributed by atoms with Crippen LogP contribution in [0.1, 0.15) is 5.56 Å². The second-order valence-corrected chi connectivity index (χ2v) is 6.10. The van der Waals surface area contributed by atoms with Gasteiger partial charge in [-0.15, -0.1) is 0 Å². The SMILES string of the molecule is COc1ccc(CNC(=O)Cn2cnc3ccc([N+](=O)[O-])cc3c2=O)cc1OC. The Morgan fingerprint density at radius 1 is 1.17 bits per heavy atom. The second-order valence-electron chi connectivity index (χ2n) is 6.10. The van der Waals surface area contributed by atoms with Crippen LogP contribution in [-0.2, 0) is 17.9 Å². The highest BCUT2D eigenvalue weighted by Gasteiger charge is 2.13. The van der Waals surface area contributed by atoms with Gasteiger partial charge < -0.3 is 14.8 Å². The van der Waals surface area contributed by atoms with E-state index in [0.717, 1.165) is 16.2 Å². The first-order valence-corrected chi connectivity index (χ1v) is 8.54. The summed E-state index contributed by atoms with van der Waals surface area (Å²) >= 11 is 0. The van der Waals surface area contributed by atoms with Crippen LogP contribution in [0.4, 0.5) is 5.69 Å². The van der Waals surface area contributed by atoms with Crippen molar-refractivity contribution in [3.05, 3.63) is 68.8 Å². The molecular formula is C19H18N4O6. The number of nitro groups is 1. The fraction of sp³-hybridized carbons (Fsp3) is 0.211. The summed E-state index contributed by atoms with van der Waals surface area (Å²) in [6, 6.07) is 9.07. The number of nitrogens with zero attached hydrogens (tertiary/aromatic N) is 3. The number of nitro benzene ring substituents is 1. The molecule has 0 spiro atoms. The standard InChI is InChI=1S/C19H18N4O6/c1-28-16-6-3-12(7-17(16)29-2)9-20-18(24)10-22-11-21-15-5-4-13(23(26)27)8-14(15)19(22)25/h3-8,11H,9-10H2,1-2H3,(H,20,24). The summed E-state index contributed by atoms with van der Waals surface area (Å²) in [4.78, 5) is 39.2. The monoisotopic (exact) mass is 398 g/mol. The molecule has 0 bridgehead atoms. The third-order valence-electron chi connectivity index (χ3n) is 4.27. The first kappa shape index (κ1) is 19.8. The minimum atomic E-state index is -0.591. The maximum atomic E-state index is 12.6. The first-order valence-electron chi connectivity index (χ1n) is 8.54. The van der Waals surface area contributed by atoms with Crippen LogP contribution in [0.2, 0.25) is 0 Å². The molecule has 1 N–H and O–H groups in total. The molecule has 0 fully saturated rings. The number of fused-ring (bicyclic) bond motifs is 1. The fourth-order valence-electron chi connectivity index (χ4n) is 2.77. The van der Waals surface area contributed by atoms with Crippen LogP contribution in [0.5, 0.6) is 11.5 Å². The summed E-state index contributed by atoms with van der Waals surface area (Å²) in [5, 5.41) is 13.7. The van der Waals surface area contributed by atoms with Crippen molar-refractivity contribution >= 4 is 22.5 Å². The summed E-state index contributed by atoms with van der Waals surface area (Å²) in [6.45, 7) is -0.0435. The van der Waals surface area contributed by atoms with Crippen LogP contribution in [0.3, 0.4) is 0 Å². The average Bonchev–Trinajstić information content (AvgIpc) is 2.73. The Bertz CT molecular complexity index is 1140. The van der Waals surface area contributed by atoms with E-state index in [4.69, 9.17) is 9.47 Å². The lowest BCUT2D eigenvalue weighted by atomic mass is 10.2. The molecule has 0 radical (unpaired) electrons. The van der Waals surface area contributed by atoms with Crippen molar-refractivity contribution in [3.8, 4) is 11.5 Å². The lowest BCUT2D eigenvalue weighted by Gasteiger charge is -2.11. The Labute approximate surface area is 164 Å². The first-order chi connectivity index (χ1) is 13.9. The Morgan fingerprint density at radius 3 is 2.62 bits per heavy atom. The molecule has 3 rings (SSSR count). The van der Waals surface area contributed by atoms with Gasteiger partial charge in [-0.25, -0.2) is 4.98 Å².